The van der Waals surface area contributed by atoms with Gasteiger partial charge in [0.1, 0.15) is 0 Å². The molecule has 3 nitrogen and oxygen atoms in total. The third kappa shape index (κ3) is 1.71. The van der Waals surface area contributed by atoms with Crippen molar-refractivity contribution in [1.82, 2.24) is 0 Å². The Kier molecular flexibility index (Phi) is 2.68. The van der Waals surface area contributed by atoms with Gasteiger partial charge >= 0.3 is 5.97 Å². The molecular formula is C8H7Cl2NO2. The van der Waals surface area contributed by atoms with E-state index in [4.69, 9.17) is 34.0 Å². The molecule has 0 fully saturated rings. The van der Waals surface area contributed by atoms with E-state index in [0.29, 0.717) is 5.56 Å². The molecule has 70 valence electrons. The first-order valence-electron chi connectivity index (χ1n) is 3.42. The maximum absolute atomic E-state index is 10.7. The Balaban J connectivity index is 3.50. The van der Waals surface area contributed by atoms with E-state index in [2.05, 4.69) is 0 Å². The monoisotopic (exact) mass is 219 g/mol. The molecule has 1 aromatic rings. The number of hydrogen-bond donors (Lipinski definition) is 2. The molecule has 0 bridgehead atoms. The van der Waals surface area contributed by atoms with Gasteiger partial charge in [0.25, 0.3) is 0 Å². The molecule has 0 spiro atoms. The summed E-state index contributed by atoms with van der Waals surface area (Å²) in [6.07, 6.45) is 0. The second kappa shape index (κ2) is 3.44. The van der Waals surface area contributed by atoms with Crippen LogP contribution in [-0.2, 0) is 0 Å². The van der Waals surface area contributed by atoms with Crippen LogP contribution in [0.15, 0.2) is 6.07 Å². The molecule has 0 atom stereocenters. The Morgan fingerprint density at radius 3 is 2.54 bits per heavy atom. The van der Waals surface area contributed by atoms with Crippen molar-refractivity contribution >= 4 is 34.9 Å². The Hall–Kier alpha value is -0.930. The molecule has 3 N–H and O–H groups in total. The summed E-state index contributed by atoms with van der Waals surface area (Å²) in [5.74, 6) is -1.07. The summed E-state index contributed by atoms with van der Waals surface area (Å²) in [7, 11) is 0. The van der Waals surface area contributed by atoms with E-state index in [1.807, 2.05) is 0 Å². The number of carboxylic acids is 1. The van der Waals surface area contributed by atoms with Gasteiger partial charge in [0.05, 0.1) is 21.3 Å². The van der Waals surface area contributed by atoms with Gasteiger partial charge in [-0.1, -0.05) is 23.2 Å². The van der Waals surface area contributed by atoms with Crippen molar-refractivity contribution in [3.8, 4) is 0 Å². The highest BCUT2D eigenvalue weighted by molar-refractivity contribution is 6.39. The minimum atomic E-state index is -1.07. The van der Waals surface area contributed by atoms with Gasteiger partial charge in [0.2, 0.25) is 0 Å². The van der Waals surface area contributed by atoms with E-state index in [0.717, 1.165) is 0 Å². The molecule has 0 aliphatic carbocycles. The zero-order chi connectivity index (χ0) is 10.2. The molecule has 0 aliphatic heterocycles. The standard InChI is InChI=1S/C8H7Cl2NO2/c1-3-4(8(12)13)2-5(9)7(11)6(3)10/h2H,11H2,1H3,(H,12,13). The van der Waals surface area contributed by atoms with Gasteiger partial charge < -0.3 is 10.8 Å². The van der Waals surface area contributed by atoms with Crippen LogP contribution in [-0.4, -0.2) is 11.1 Å². The van der Waals surface area contributed by atoms with Gasteiger partial charge in [-0.25, -0.2) is 4.79 Å². The fourth-order valence-electron chi connectivity index (χ4n) is 0.960. The molecule has 0 saturated carbocycles. The Morgan fingerprint density at radius 1 is 1.54 bits per heavy atom. The molecule has 0 aliphatic rings. The van der Waals surface area contributed by atoms with Crippen LogP contribution in [0.3, 0.4) is 0 Å². The summed E-state index contributed by atoms with van der Waals surface area (Å²) in [4.78, 5) is 10.7. The van der Waals surface area contributed by atoms with Crippen LogP contribution < -0.4 is 5.73 Å². The van der Waals surface area contributed by atoms with Crippen LogP contribution in [0.2, 0.25) is 10.0 Å². The first-order valence-corrected chi connectivity index (χ1v) is 4.18. The molecule has 0 unspecified atom stereocenters. The molecule has 0 saturated heterocycles. The van der Waals surface area contributed by atoms with E-state index in [9.17, 15) is 4.79 Å². The normalized spacial score (nSPS) is 10.1. The van der Waals surface area contributed by atoms with E-state index < -0.39 is 5.97 Å². The van der Waals surface area contributed by atoms with Crippen molar-refractivity contribution in [3.63, 3.8) is 0 Å². The van der Waals surface area contributed by atoms with E-state index in [-0.39, 0.29) is 21.3 Å². The molecular weight excluding hydrogens is 213 g/mol. The molecule has 0 radical (unpaired) electrons. The van der Waals surface area contributed by atoms with Gasteiger partial charge in [-0.2, -0.15) is 0 Å². The zero-order valence-corrected chi connectivity index (χ0v) is 8.28. The number of benzene rings is 1. The van der Waals surface area contributed by atoms with Gasteiger partial charge in [-0.3, -0.25) is 0 Å². The van der Waals surface area contributed by atoms with E-state index in [1.165, 1.54) is 6.07 Å². The number of carboxylic acid groups (broad SMARTS) is 1. The second-order valence-corrected chi connectivity index (χ2v) is 3.35. The summed E-state index contributed by atoms with van der Waals surface area (Å²) in [5.41, 5.74) is 6.21. The largest absolute Gasteiger partial charge is 0.478 e. The summed E-state index contributed by atoms with van der Waals surface area (Å²) in [6, 6.07) is 1.29. The van der Waals surface area contributed by atoms with Gasteiger partial charge in [0, 0.05) is 0 Å². The topological polar surface area (TPSA) is 63.3 Å². The maximum atomic E-state index is 10.7. The smallest absolute Gasteiger partial charge is 0.336 e. The lowest BCUT2D eigenvalue weighted by atomic mass is 10.1. The second-order valence-electron chi connectivity index (χ2n) is 2.56. The van der Waals surface area contributed by atoms with Crippen LogP contribution >= 0.6 is 23.2 Å². The number of nitrogens with two attached hydrogens (primary N) is 1. The van der Waals surface area contributed by atoms with Crippen LogP contribution in [0.25, 0.3) is 0 Å². The number of carbonyl (C=O) groups is 1. The third-order valence-electron chi connectivity index (χ3n) is 1.73. The van der Waals surface area contributed by atoms with Crippen molar-refractivity contribution in [1.29, 1.82) is 0 Å². The highest BCUT2D eigenvalue weighted by atomic mass is 35.5. The molecule has 1 rings (SSSR count). The van der Waals surface area contributed by atoms with Crippen LogP contribution in [0, 0.1) is 6.92 Å². The average Bonchev–Trinajstić information content (AvgIpc) is 2.07. The summed E-state index contributed by atoms with van der Waals surface area (Å²) < 4.78 is 0. The Morgan fingerprint density at radius 2 is 2.08 bits per heavy atom. The minimum Gasteiger partial charge on any atom is -0.478 e. The SMILES string of the molecule is Cc1c(C(=O)O)cc(Cl)c(N)c1Cl. The van der Waals surface area contributed by atoms with Crippen molar-refractivity contribution in [2.45, 2.75) is 6.92 Å². The van der Waals surface area contributed by atoms with Crippen LogP contribution in [0.1, 0.15) is 15.9 Å². The molecule has 1 aromatic carbocycles. The van der Waals surface area contributed by atoms with E-state index in [1.54, 1.807) is 6.92 Å². The molecule has 0 amide bonds. The number of rotatable bonds is 1. The fourth-order valence-corrected chi connectivity index (χ4v) is 1.42. The first kappa shape index (κ1) is 10.2. The molecule has 5 heteroatoms. The number of halogens is 2. The molecule has 13 heavy (non-hydrogen) atoms. The third-order valence-corrected chi connectivity index (χ3v) is 2.53. The number of nitrogen functional groups attached to an aromatic ring is 1. The van der Waals surface area contributed by atoms with Crippen LogP contribution in [0.4, 0.5) is 5.69 Å². The first-order chi connectivity index (χ1) is 5.95. The predicted molar refractivity (Wildman–Crippen MR) is 52.6 cm³/mol. The Bertz CT molecular complexity index is 377. The van der Waals surface area contributed by atoms with Crippen molar-refractivity contribution in [2.24, 2.45) is 0 Å². The van der Waals surface area contributed by atoms with Gasteiger partial charge in [-0.05, 0) is 18.6 Å². The average molecular weight is 220 g/mol. The van der Waals surface area contributed by atoms with Crippen molar-refractivity contribution in [2.75, 3.05) is 5.73 Å². The molecule has 0 heterocycles. The van der Waals surface area contributed by atoms with Crippen molar-refractivity contribution < 1.29 is 9.90 Å². The predicted octanol–water partition coefficient (Wildman–Crippen LogP) is 2.58. The maximum Gasteiger partial charge on any atom is 0.336 e. The number of aromatic carboxylic acids is 1. The number of anilines is 1. The van der Waals surface area contributed by atoms with Crippen LogP contribution in [0.5, 0.6) is 0 Å². The van der Waals surface area contributed by atoms with E-state index >= 15 is 0 Å². The fraction of sp³-hybridized carbons (Fsp3) is 0.125. The highest BCUT2D eigenvalue weighted by Crippen LogP contribution is 2.32. The summed E-state index contributed by atoms with van der Waals surface area (Å²) in [6.45, 7) is 1.58. The lowest BCUT2D eigenvalue weighted by molar-refractivity contribution is 0.0696. The summed E-state index contributed by atoms with van der Waals surface area (Å²) >= 11 is 11.4. The Labute approximate surface area is 85.1 Å². The quantitative estimate of drug-likeness (QED) is 0.715. The number of hydrogen-bond acceptors (Lipinski definition) is 2. The zero-order valence-electron chi connectivity index (χ0n) is 6.77. The van der Waals surface area contributed by atoms with Crippen molar-refractivity contribution in [3.05, 3.63) is 27.2 Å². The minimum absolute atomic E-state index is 0.0733. The van der Waals surface area contributed by atoms with Gasteiger partial charge in [0.15, 0.2) is 0 Å². The highest BCUT2D eigenvalue weighted by Gasteiger charge is 2.14. The lowest BCUT2D eigenvalue weighted by Crippen LogP contribution is -2.02. The van der Waals surface area contributed by atoms with Gasteiger partial charge in [-0.15, -0.1) is 0 Å². The summed E-state index contributed by atoms with van der Waals surface area (Å²) in [5, 5.41) is 9.11. The molecule has 0 aromatic heterocycles. The lowest BCUT2D eigenvalue weighted by Gasteiger charge is -2.07.